The van der Waals surface area contributed by atoms with E-state index in [1.807, 2.05) is 6.08 Å². The highest BCUT2D eigenvalue weighted by Gasteiger charge is 2.39. The summed E-state index contributed by atoms with van der Waals surface area (Å²) in [6.07, 6.45) is 29.0. The van der Waals surface area contributed by atoms with Crippen LogP contribution in [0.1, 0.15) is 174 Å². The molecule has 1 rings (SSSR count). The van der Waals surface area contributed by atoms with Crippen molar-refractivity contribution in [2.24, 2.45) is 11.8 Å². The summed E-state index contributed by atoms with van der Waals surface area (Å²) in [5, 5.41) is 41.2. The zero-order chi connectivity index (χ0) is 47.5. The zero-order valence-electron chi connectivity index (χ0n) is 38.7. The molecule has 64 heavy (non-hydrogen) atoms. The molecular weight excluding hydrogens is 870 g/mol. The zero-order valence-corrected chi connectivity index (χ0v) is 40.5. The van der Waals surface area contributed by atoms with Gasteiger partial charge in [0.25, 0.3) is 0 Å². The van der Waals surface area contributed by atoms with E-state index in [0.29, 0.717) is 38.5 Å². The van der Waals surface area contributed by atoms with Gasteiger partial charge in [-0.1, -0.05) is 134 Å². The SMILES string of the molecule is CCCCC/C=C\C/C=C\CCCCCCCCCC(=O)O[C@H](COC(=O)CCCCCC[C@@H]1[C@@H](/C=C/[C@@H](O)CCCCC)[C@H](O)C[C@@H]1O)COP(=O)(O)OC[C@@H](O)COP(=O)(O)O. The molecule has 1 fully saturated rings. The van der Waals surface area contributed by atoms with E-state index in [9.17, 15) is 44.0 Å². The summed E-state index contributed by atoms with van der Waals surface area (Å²) < 4.78 is 47.9. The minimum absolute atomic E-state index is 0.0668. The molecule has 1 unspecified atom stereocenters. The monoisotopic (exact) mass is 955 g/mol. The van der Waals surface area contributed by atoms with E-state index < -0.39 is 84.5 Å². The number of carbonyl (C=O) groups is 2. The summed E-state index contributed by atoms with van der Waals surface area (Å²) in [5.74, 6) is -1.54. The number of carbonyl (C=O) groups excluding carboxylic acids is 2. The van der Waals surface area contributed by atoms with Crippen LogP contribution in [0.4, 0.5) is 0 Å². The second-order valence-electron chi connectivity index (χ2n) is 17.0. The Bertz CT molecular complexity index is 1390. The first-order chi connectivity index (χ1) is 30.6. The Hall–Kier alpha value is -1.78. The van der Waals surface area contributed by atoms with Gasteiger partial charge >= 0.3 is 27.6 Å². The topological polar surface area (TPSA) is 256 Å². The third kappa shape index (κ3) is 33.7. The average molecular weight is 955 g/mol. The van der Waals surface area contributed by atoms with E-state index in [0.717, 1.165) is 89.9 Å². The van der Waals surface area contributed by atoms with E-state index in [2.05, 4.69) is 47.2 Å². The second-order valence-corrected chi connectivity index (χ2v) is 19.7. The van der Waals surface area contributed by atoms with Crippen LogP contribution in [0.2, 0.25) is 0 Å². The number of hydrogen-bond donors (Lipinski definition) is 7. The first-order valence-corrected chi connectivity index (χ1v) is 27.0. The highest BCUT2D eigenvalue weighted by atomic mass is 31.2. The van der Waals surface area contributed by atoms with Gasteiger partial charge in [-0.25, -0.2) is 9.13 Å². The number of ether oxygens (including phenoxy) is 2. The summed E-state index contributed by atoms with van der Waals surface area (Å²) >= 11 is 0. The minimum Gasteiger partial charge on any atom is -0.462 e. The van der Waals surface area contributed by atoms with Crippen LogP contribution >= 0.6 is 15.6 Å². The molecule has 1 saturated carbocycles. The van der Waals surface area contributed by atoms with Gasteiger partial charge in [-0.05, 0) is 63.7 Å². The molecule has 0 heterocycles. The normalized spacial score (nSPS) is 20.6. The second kappa shape index (κ2) is 37.2. The Morgan fingerprint density at radius 3 is 1.83 bits per heavy atom. The lowest BCUT2D eigenvalue weighted by Gasteiger charge is -2.21. The summed E-state index contributed by atoms with van der Waals surface area (Å²) in [4.78, 5) is 53.0. The molecular formula is C46H84O16P2. The van der Waals surface area contributed by atoms with Crippen LogP contribution in [0, 0.1) is 11.8 Å². The fourth-order valence-corrected chi connectivity index (χ4v) is 8.57. The molecule has 8 atom stereocenters. The maximum absolute atomic E-state index is 12.7. The molecule has 0 aliphatic heterocycles. The molecule has 0 saturated heterocycles. The van der Waals surface area contributed by atoms with Crippen molar-refractivity contribution in [3.05, 3.63) is 36.5 Å². The molecule has 7 N–H and O–H groups in total. The lowest BCUT2D eigenvalue weighted by atomic mass is 9.88. The van der Waals surface area contributed by atoms with Crippen LogP contribution in [0.15, 0.2) is 36.5 Å². The summed E-state index contributed by atoms with van der Waals surface area (Å²) in [6.45, 7) is 1.41. The smallest absolute Gasteiger partial charge is 0.462 e. The van der Waals surface area contributed by atoms with Crippen molar-refractivity contribution in [1.82, 2.24) is 0 Å². The van der Waals surface area contributed by atoms with Crippen LogP contribution in [0.3, 0.4) is 0 Å². The van der Waals surface area contributed by atoms with Gasteiger partial charge in [0.05, 0.1) is 38.1 Å². The molecule has 0 spiro atoms. The molecule has 0 aromatic rings. The van der Waals surface area contributed by atoms with E-state index in [1.54, 1.807) is 6.08 Å². The number of unbranched alkanes of at least 4 members (excludes halogenated alkanes) is 15. The number of phosphoric ester groups is 2. The van der Waals surface area contributed by atoms with Gasteiger partial charge in [-0.15, -0.1) is 0 Å². The molecule has 374 valence electrons. The van der Waals surface area contributed by atoms with Gasteiger partial charge in [0.2, 0.25) is 0 Å². The number of aliphatic hydroxyl groups excluding tert-OH is 4. The average Bonchev–Trinajstić information content (AvgIpc) is 3.51. The Labute approximate surface area is 383 Å². The molecule has 18 heteroatoms. The van der Waals surface area contributed by atoms with Crippen LogP contribution in [0.5, 0.6) is 0 Å². The molecule has 1 aliphatic rings. The third-order valence-corrected chi connectivity index (χ3v) is 12.5. The number of esters is 2. The predicted octanol–water partition coefficient (Wildman–Crippen LogP) is 8.83. The van der Waals surface area contributed by atoms with E-state index in [-0.39, 0.29) is 24.7 Å². The quantitative estimate of drug-likeness (QED) is 0.0131. The summed E-state index contributed by atoms with van der Waals surface area (Å²) in [6, 6.07) is 0. The maximum Gasteiger partial charge on any atom is 0.472 e. The number of rotatable bonds is 41. The number of phosphoric acid groups is 2. The van der Waals surface area contributed by atoms with Crippen LogP contribution < -0.4 is 0 Å². The van der Waals surface area contributed by atoms with Crippen molar-refractivity contribution < 1.29 is 76.9 Å². The fourth-order valence-electron chi connectivity index (χ4n) is 7.42. The van der Waals surface area contributed by atoms with Gasteiger partial charge < -0.3 is 44.6 Å². The Kier molecular flexibility index (Phi) is 35.0. The summed E-state index contributed by atoms with van der Waals surface area (Å²) in [5.41, 5.74) is 0. The lowest BCUT2D eigenvalue weighted by molar-refractivity contribution is -0.161. The van der Waals surface area contributed by atoms with Gasteiger partial charge in [-0.2, -0.15) is 0 Å². The van der Waals surface area contributed by atoms with Crippen molar-refractivity contribution in [1.29, 1.82) is 0 Å². The molecule has 16 nitrogen and oxygen atoms in total. The summed E-state index contributed by atoms with van der Waals surface area (Å²) in [7, 11) is -9.76. The largest absolute Gasteiger partial charge is 0.472 e. The van der Waals surface area contributed by atoms with Gasteiger partial charge in [0, 0.05) is 25.2 Å². The molecule has 0 bridgehead atoms. The van der Waals surface area contributed by atoms with Crippen LogP contribution in [0.25, 0.3) is 0 Å². The highest BCUT2D eigenvalue weighted by Crippen LogP contribution is 2.44. The third-order valence-electron chi connectivity index (χ3n) is 11.1. The van der Waals surface area contributed by atoms with Crippen molar-refractivity contribution in [3.63, 3.8) is 0 Å². The number of hydrogen-bond acceptors (Lipinski definition) is 13. The Morgan fingerprint density at radius 1 is 0.641 bits per heavy atom. The first kappa shape index (κ1) is 60.2. The van der Waals surface area contributed by atoms with Gasteiger partial charge in [-0.3, -0.25) is 23.2 Å². The number of aliphatic hydroxyl groups is 4. The van der Waals surface area contributed by atoms with Crippen LogP contribution in [-0.2, 0) is 41.8 Å². The Balaban J connectivity index is 2.50. The van der Waals surface area contributed by atoms with Crippen molar-refractivity contribution >= 4 is 27.6 Å². The molecule has 0 aromatic carbocycles. The van der Waals surface area contributed by atoms with E-state index in [4.69, 9.17) is 23.8 Å². The fraction of sp³-hybridized carbons (Fsp3) is 0.826. The van der Waals surface area contributed by atoms with E-state index in [1.165, 1.54) is 19.3 Å². The highest BCUT2D eigenvalue weighted by molar-refractivity contribution is 7.47. The molecule has 1 aliphatic carbocycles. The van der Waals surface area contributed by atoms with Gasteiger partial charge in [0.15, 0.2) is 6.10 Å². The van der Waals surface area contributed by atoms with Crippen molar-refractivity contribution in [2.45, 2.75) is 205 Å². The molecule has 0 radical (unpaired) electrons. The van der Waals surface area contributed by atoms with Gasteiger partial charge in [0.1, 0.15) is 12.7 Å². The minimum atomic E-state index is -4.89. The molecule has 0 aromatic heterocycles. The van der Waals surface area contributed by atoms with E-state index >= 15 is 0 Å². The van der Waals surface area contributed by atoms with Crippen molar-refractivity contribution in [3.8, 4) is 0 Å². The van der Waals surface area contributed by atoms with Crippen molar-refractivity contribution in [2.75, 3.05) is 26.4 Å². The first-order valence-electron chi connectivity index (χ1n) is 23.9. The predicted molar refractivity (Wildman–Crippen MR) is 246 cm³/mol. The molecule has 0 amide bonds. The standard InChI is InChI=1S/C46H84O16P2/c1-3-5-7-8-9-10-11-12-13-14-15-16-17-18-19-20-26-30-46(52)62-40(37-61-64(56,57)60-35-39(48)34-59-63(53,54)55)36-58-45(51)29-25-22-21-24-28-41-42(44(50)33-43(41)49)32-31-38(47)27-23-6-4-2/h9-10,12-13,31-32,38-44,47-50H,3-8,11,14-30,33-37H2,1-2H3,(H,56,57)(H2,53,54,55)/b10-9-,13-12-,32-31+/t38-,39-,40+,41+,42+,43-,44+/m0/s1. The maximum atomic E-state index is 12.7. The number of allylic oxidation sites excluding steroid dienone is 4. The van der Waals surface area contributed by atoms with Crippen LogP contribution in [-0.4, -0.2) is 104 Å². The Morgan fingerprint density at radius 2 is 1.19 bits per heavy atom. The lowest BCUT2D eigenvalue weighted by Crippen LogP contribution is -2.30.